The zero-order valence-electron chi connectivity index (χ0n) is 12.6. The van der Waals surface area contributed by atoms with Gasteiger partial charge in [-0.15, -0.1) is 10.2 Å². The Labute approximate surface area is 149 Å². The highest BCUT2D eigenvalue weighted by Gasteiger charge is 2.23. The molecule has 0 saturated carbocycles. The predicted octanol–water partition coefficient (Wildman–Crippen LogP) is -2.03. The first kappa shape index (κ1) is 19.1. The number of carbonyl (C=O) groups excluding carboxylic acids is 1. The molecular formula is C16H12Cl2N2O5. The van der Waals surface area contributed by atoms with Crippen molar-refractivity contribution in [1.29, 1.82) is 0 Å². The van der Waals surface area contributed by atoms with E-state index in [-0.39, 0.29) is 5.78 Å². The number of aromatic nitrogens is 1. The Balaban J connectivity index is 0.000000399. The number of ketones is 1. The van der Waals surface area contributed by atoms with Crippen LogP contribution in [0.1, 0.15) is 16.1 Å². The molecule has 1 aromatic heterocycles. The van der Waals surface area contributed by atoms with E-state index in [0.29, 0.717) is 16.3 Å². The number of halogens is 2. The van der Waals surface area contributed by atoms with Crippen molar-refractivity contribution in [3.8, 4) is 0 Å². The van der Waals surface area contributed by atoms with Crippen LogP contribution in [0.5, 0.6) is 0 Å². The van der Waals surface area contributed by atoms with E-state index < -0.39 is 10.2 Å². The summed E-state index contributed by atoms with van der Waals surface area (Å²) in [6.07, 6.45) is 1.69. The van der Waals surface area contributed by atoms with Gasteiger partial charge in [0.1, 0.15) is 0 Å². The van der Waals surface area contributed by atoms with Crippen LogP contribution in [0, 0.1) is 10.2 Å². The molecule has 9 heteroatoms. The van der Waals surface area contributed by atoms with Crippen molar-refractivity contribution in [1.82, 2.24) is 0 Å². The van der Waals surface area contributed by atoms with Crippen LogP contribution in [0.4, 0.5) is 0 Å². The fourth-order valence-corrected chi connectivity index (χ4v) is 2.34. The van der Waals surface area contributed by atoms with Crippen LogP contribution in [0.2, 0.25) is 5.02 Å². The van der Waals surface area contributed by atoms with Crippen LogP contribution in [0.25, 0.3) is 10.8 Å². The van der Waals surface area contributed by atoms with Crippen LogP contribution in [0.3, 0.4) is 0 Å². The van der Waals surface area contributed by atoms with Crippen molar-refractivity contribution in [2.24, 2.45) is 0 Å². The van der Waals surface area contributed by atoms with Gasteiger partial charge in [-0.2, -0.15) is 0 Å². The lowest BCUT2D eigenvalue weighted by molar-refractivity contribution is -2.00. The second-order valence-corrected chi connectivity index (χ2v) is 6.07. The van der Waals surface area contributed by atoms with Gasteiger partial charge in [-0.05, 0) is 35.7 Å². The molecule has 0 bridgehead atoms. The Morgan fingerprint density at radius 3 is 2.12 bits per heavy atom. The van der Waals surface area contributed by atoms with Gasteiger partial charge >= 0.3 is 0 Å². The third kappa shape index (κ3) is 5.36. The maximum absolute atomic E-state index is 12.6. The molecule has 3 aromatic rings. The van der Waals surface area contributed by atoms with Gasteiger partial charge in [-0.1, -0.05) is 34.5 Å². The number of nitrogens with two attached hydrogens (primary N) is 1. The molecule has 130 valence electrons. The van der Waals surface area contributed by atoms with E-state index in [1.165, 1.54) is 4.68 Å². The summed E-state index contributed by atoms with van der Waals surface area (Å²) in [6, 6.07) is 16.3. The maximum Gasteiger partial charge on any atom is 0.290 e. The number of hydrogen-bond acceptors (Lipinski definition) is 6. The molecular weight excluding hydrogens is 371 g/mol. The molecule has 0 atom stereocenters. The van der Waals surface area contributed by atoms with Crippen molar-refractivity contribution in [3.05, 3.63) is 77.1 Å². The molecule has 0 amide bonds. The second-order valence-electron chi connectivity index (χ2n) is 4.87. The van der Waals surface area contributed by atoms with Gasteiger partial charge in [0.15, 0.2) is 0 Å². The largest absolute Gasteiger partial charge is 0.290 e. The number of pyridine rings is 1. The Hall–Kier alpha value is -2.26. The van der Waals surface area contributed by atoms with Gasteiger partial charge in [-0.25, -0.2) is 24.5 Å². The summed E-state index contributed by atoms with van der Waals surface area (Å²) in [4.78, 5) is 12.6. The molecule has 2 aromatic carbocycles. The van der Waals surface area contributed by atoms with Crippen molar-refractivity contribution in [2.75, 3.05) is 5.84 Å². The molecule has 0 aliphatic rings. The van der Waals surface area contributed by atoms with E-state index in [9.17, 15) is 4.79 Å². The summed E-state index contributed by atoms with van der Waals surface area (Å²) < 4.78 is 35.3. The average Bonchev–Trinajstić information content (AvgIpc) is 2.53. The first-order valence-electron chi connectivity index (χ1n) is 6.77. The fraction of sp³-hybridized carbons (Fsp3) is 0. The zero-order valence-corrected chi connectivity index (χ0v) is 14.1. The van der Waals surface area contributed by atoms with E-state index in [1.54, 1.807) is 30.5 Å². The Morgan fingerprint density at radius 2 is 1.52 bits per heavy atom. The highest BCUT2D eigenvalue weighted by atomic mass is 35.7. The maximum atomic E-state index is 12.6. The second kappa shape index (κ2) is 7.75. The zero-order chi connectivity index (χ0) is 18.6. The summed E-state index contributed by atoms with van der Waals surface area (Å²) >= 11 is 5.85. The topological polar surface area (TPSA) is 139 Å². The highest BCUT2D eigenvalue weighted by Crippen LogP contribution is 2.19. The van der Waals surface area contributed by atoms with Gasteiger partial charge in [0.05, 0.1) is 5.39 Å². The number of hydrogen-bond donors (Lipinski definition) is 1. The number of fused-ring (bicyclic) bond motifs is 1. The molecule has 0 unspecified atom stereocenters. The van der Waals surface area contributed by atoms with Crippen molar-refractivity contribution < 1.29 is 38.3 Å². The summed E-state index contributed by atoms with van der Waals surface area (Å²) in [6.45, 7) is 0. The molecule has 25 heavy (non-hydrogen) atoms. The van der Waals surface area contributed by atoms with Crippen molar-refractivity contribution in [2.45, 2.75) is 0 Å². The van der Waals surface area contributed by atoms with Gasteiger partial charge in [0.25, 0.3) is 11.5 Å². The average molecular weight is 383 g/mol. The molecule has 7 nitrogen and oxygen atoms in total. The molecule has 0 fully saturated rings. The quantitative estimate of drug-likeness (QED) is 0.308. The minimum atomic E-state index is -4.94. The van der Waals surface area contributed by atoms with Gasteiger partial charge < -0.3 is 0 Å². The summed E-state index contributed by atoms with van der Waals surface area (Å²) in [5.41, 5.74) is 1.02. The Morgan fingerprint density at radius 1 is 0.960 bits per heavy atom. The summed E-state index contributed by atoms with van der Waals surface area (Å²) in [5, 5.41) is 2.41. The van der Waals surface area contributed by atoms with Gasteiger partial charge in [0.2, 0.25) is 6.20 Å². The first-order chi connectivity index (χ1) is 11.7. The minimum absolute atomic E-state index is 0.124. The first-order valence-corrected chi connectivity index (χ1v) is 8.38. The highest BCUT2D eigenvalue weighted by molar-refractivity contribution is 6.30. The smallest absolute Gasteiger partial charge is 0.282 e. The van der Waals surface area contributed by atoms with E-state index in [4.69, 9.17) is 36.1 Å². The normalized spacial score (nSPS) is 10.9. The monoisotopic (exact) mass is 382 g/mol. The third-order valence-electron chi connectivity index (χ3n) is 3.21. The third-order valence-corrected chi connectivity index (χ3v) is 3.46. The molecule has 0 aliphatic heterocycles. The Kier molecular flexibility index (Phi) is 5.91. The van der Waals surface area contributed by atoms with E-state index in [0.717, 1.165) is 10.8 Å². The number of nitrogens with zero attached hydrogens (tertiary/aromatic N) is 1. The standard InChI is InChI=1S/C16H11ClN2O.ClHO4/c17-13-7-5-12(6-8-13)16(20)15-14-4-2-1-3-11(14)9-10-19(15)18;2-1(3,4)5/h1-10H,(H-,18,20);(H,2,3,4,5). The molecule has 3 rings (SSSR count). The number of benzene rings is 2. The van der Waals surface area contributed by atoms with Gasteiger partial charge in [0, 0.05) is 16.7 Å². The molecule has 0 saturated heterocycles. The number of rotatable bonds is 2. The van der Waals surface area contributed by atoms with Crippen LogP contribution < -0.4 is 29.2 Å². The molecule has 0 aliphatic carbocycles. The molecule has 2 N–H and O–H groups in total. The predicted molar refractivity (Wildman–Crippen MR) is 79.2 cm³/mol. The van der Waals surface area contributed by atoms with Crippen LogP contribution in [-0.2, 0) is 0 Å². The SMILES string of the molecule is N[n+]1ccc2ccccc2c1C(=O)c1ccc(Cl)cc1.[O-][Cl+3]([O-])([O-])[O-]. The molecule has 0 spiro atoms. The molecule has 1 heterocycles. The van der Waals surface area contributed by atoms with Crippen molar-refractivity contribution in [3.63, 3.8) is 0 Å². The van der Waals surface area contributed by atoms with E-state index >= 15 is 0 Å². The summed E-state index contributed by atoms with van der Waals surface area (Å²) in [7, 11) is -4.94. The lowest BCUT2D eigenvalue weighted by Crippen LogP contribution is -2.68. The number of carbonyl (C=O) groups is 1. The lowest BCUT2D eigenvalue weighted by Gasteiger charge is -2.17. The fourth-order valence-electron chi connectivity index (χ4n) is 2.21. The van der Waals surface area contributed by atoms with Crippen LogP contribution in [-0.4, -0.2) is 5.78 Å². The minimum Gasteiger partial charge on any atom is -0.282 e. The van der Waals surface area contributed by atoms with Gasteiger partial charge in [-0.3, -0.25) is 4.79 Å². The van der Waals surface area contributed by atoms with Crippen LogP contribution in [0.15, 0.2) is 60.8 Å². The summed E-state index contributed by atoms with van der Waals surface area (Å²) in [5.74, 6) is 5.80. The van der Waals surface area contributed by atoms with Crippen LogP contribution >= 0.6 is 11.6 Å². The Bertz CT molecular complexity index is 889. The van der Waals surface area contributed by atoms with E-state index in [1.807, 2.05) is 30.3 Å². The molecule has 0 radical (unpaired) electrons. The number of nitrogen functional groups attached to an aromatic ring is 1. The van der Waals surface area contributed by atoms with Crippen molar-refractivity contribution >= 4 is 28.2 Å². The van der Waals surface area contributed by atoms with E-state index in [2.05, 4.69) is 0 Å². The lowest BCUT2D eigenvalue weighted by atomic mass is 10.0.